The van der Waals surface area contributed by atoms with Crippen molar-refractivity contribution in [2.45, 2.75) is 38.0 Å². The second kappa shape index (κ2) is 8.31. The lowest BCUT2D eigenvalue weighted by Crippen LogP contribution is -2.36. The number of thioether (sulfide) groups is 1. The molecule has 0 fully saturated rings. The van der Waals surface area contributed by atoms with E-state index in [-0.39, 0.29) is 16.9 Å². The molecule has 0 radical (unpaired) electrons. The van der Waals surface area contributed by atoms with Crippen LogP contribution >= 0.6 is 11.8 Å². The molecule has 0 bridgehead atoms. The highest BCUT2D eigenvalue weighted by atomic mass is 32.2. The van der Waals surface area contributed by atoms with E-state index in [9.17, 15) is 14.7 Å². The Morgan fingerprint density at radius 1 is 1.12 bits per heavy atom. The van der Waals surface area contributed by atoms with Crippen LogP contribution in [0.1, 0.15) is 44.4 Å². The van der Waals surface area contributed by atoms with Gasteiger partial charge in [-0.15, -0.1) is 0 Å². The Balaban J connectivity index is 1.59. The lowest BCUT2D eigenvalue weighted by atomic mass is 9.86. The van der Waals surface area contributed by atoms with Crippen molar-refractivity contribution in [3.63, 3.8) is 0 Å². The summed E-state index contributed by atoms with van der Waals surface area (Å²) < 4.78 is 0. The third-order valence-electron chi connectivity index (χ3n) is 5.44. The van der Waals surface area contributed by atoms with E-state index >= 15 is 0 Å². The number of para-hydroxylation sites is 1. The van der Waals surface area contributed by atoms with Crippen LogP contribution in [0.4, 0.5) is 11.4 Å². The molecule has 32 heavy (non-hydrogen) atoms. The molecule has 4 rings (SSSR count). The van der Waals surface area contributed by atoms with Gasteiger partial charge in [-0.1, -0.05) is 50.7 Å². The SMILES string of the molecule is CCN1/C(=C/c2c(N/N=C/c3cc(C(C)(C)C)ccc3O)c(=O)c2=O)Sc2ccccc21. The average Bonchev–Trinajstić information content (AvgIpc) is 3.12. The normalized spacial score (nSPS) is 15.1. The van der Waals surface area contributed by atoms with E-state index in [0.717, 1.165) is 27.7 Å². The van der Waals surface area contributed by atoms with Gasteiger partial charge in [0, 0.05) is 17.0 Å². The summed E-state index contributed by atoms with van der Waals surface area (Å²) >= 11 is 1.57. The van der Waals surface area contributed by atoms with Crippen LogP contribution in [0.3, 0.4) is 0 Å². The number of phenolic OH excluding ortho intramolecular Hbond substituents is 1. The number of hydrogen-bond acceptors (Lipinski definition) is 7. The Hall–Kier alpha value is -3.32. The monoisotopic (exact) mass is 447 g/mol. The number of nitrogens with one attached hydrogen (secondary N) is 1. The van der Waals surface area contributed by atoms with Crippen molar-refractivity contribution in [2.75, 3.05) is 16.9 Å². The van der Waals surface area contributed by atoms with Crippen LogP contribution < -0.4 is 21.2 Å². The van der Waals surface area contributed by atoms with E-state index in [1.54, 1.807) is 23.9 Å². The molecule has 1 heterocycles. The molecular weight excluding hydrogens is 422 g/mol. The molecule has 0 unspecified atom stereocenters. The highest BCUT2D eigenvalue weighted by molar-refractivity contribution is 8.03. The minimum Gasteiger partial charge on any atom is -0.507 e. The summed E-state index contributed by atoms with van der Waals surface area (Å²) in [6, 6.07) is 13.4. The molecule has 3 aromatic carbocycles. The lowest BCUT2D eigenvalue weighted by Gasteiger charge is -2.19. The molecule has 0 saturated carbocycles. The summed E-state index contributed by atoms with van der Waals surface area (Å²) in [6.45, 7) is 9.04. The van der Waals surface area contributed by atoms with Crippen LogP contribution in [0.5, 0.6) is 5.75 Å². The van der Waals surface area contributed by atoms with Gasteiger partial charge in [-0.2, -0.15) is 5.10 Å². The number of hydrogen-bond donors (Lipinski definition) is 2. The summed E-state index contributed by atoms with van der Waals surface area (Å²) in [5.74, 6) is 0.0922. The Labute approximate surface area is 191 Å². The van der Waals surface area contributed by atoms with Gasteiger partial charge in [0.15, 0.2) is 0 Å². The minimum atomic E-state index is -0.592. The average molecular weight is 448 g/mol. The smallest absolute Gasteiger partial charge is 0.252 e. The second-order valence-electron chi connectivity index (χ2n) is 8.64. The first-order valence-electron chi connectivity index (χ1n) is 10.4. The van der Waals surface area contributed by atoms with Gasteiger partial charge in [0.05, 0.1) is 22.5 Å². The summed E-state index contributed by atoms with van der Waals surface area (Å²) in [7, 11) is 0. The molecular formula is C25H25N3O3S. The van der Waals surface area contributed by atoms with Crippen molar-refractivity contribution < 1.29 is 5.11 Å². The van der Waals surface area contributed by atoms with Crippen LogP contribution in [0.15, 0.2) is 67.1 Å². The summed E-state index contributed by atoms with van der Waals surface area (Å²) in [4.78, 5) is 27.6. The topological polar surface area (TPSA) is 82.0 Å². The molecule has 6 nitrogen and oxygen atoms in total. The zero-order valence-corrected chi connectivity index (χ0v) is 19.3. The Morgan fingerprint density at radius 2 is 1.88 bits per heavy atom. The summed E-state index contributed by atoms with van der Waals surface area (Å²) in [6.07, 6.45) is 3.20. The Morgan fingerprint density at radius 3 is 2.59 bits per heavy atom. The fourth-order valence-corrected chi connectivity index (χ4v) is 4.73. The predicted octanol–water partition coefficient (Wildman–Crippen LogP) is 4.66. The lowest BCUT2D eigenvalue weighted by molar-refractivity contribution is 0.473. The van der Waals surface area contributed by atoms with E-state index in [1.165, 1.54) is 6.21 Å². The summed E-state index contributed by atoms with van der Waals surface area (Å²) in [5, 5.41) is 15.2. The molecule has 7 heteroatoms. The highest BCUT2D eigenvalue weighted by Gasteiger charge is 2.26. The van der Waals surface area contributed by atoms with E-state index in [2.05, 4.69) is 36.2 Å². The third-order valence-corrected chi connectivity index (χ3v) is 6.55. The number of benzene rings is 2. The Kier molecular flexibility index (Phi) is 5.69. The number of aromatic hydroxyl groups is 1. The zero-order valence-electron chi connectivity index (χ0n) is 18.5. The molecule has 0 amide bonds. The first-order valence-corrected chi connectivity index (χ1v) is 11.2. The highest BCUT2D eigenvalue weighted by Crippen LogP contribution is 2.46. The van der Waals surface area contributed by atoms with Crippen LogP contribution in [0.2, 0.25) is 0 Å². The zero-order chi connectivity index (χ0) is 23.0. The van der Waals surface area contributed by atoms with Gasteiger partial charge in [-0.25, -0.2) is 0 Å². The minimum absolute atomic E-state index is 0.0797. The van der Waals surface area contributed by atoms with E-state index < -0.39 is 10.9 Å². The maximum atomic E-state index is 12.3. The first-order chi connectivity index (χ1) is 15.2. The largest absolute Gasteiger partial charge is 0.507 e. The van der Waals surface area contributed by atoms with Crippen molar-refractivity contribution in [1.29, 1.82) is 0 Å². The molecule has 0 aromatic heterocycles. The van der Waals surface area contributed by atoms with Crippen molar-refractivity contribution in [2.24, 2.45) is 5.10 Å². The standard InChI is InChI=1S/C25H25N3O3S/c1-5-28-18-8-6-7-9-20(18)32-21(28)13-17-22(24(31)23(17)30)27-26-14-15-12-16(25(2,3)4)10-11-19(15)29/h6-14,27,29H,5H2,1-4H3/b21-13-,26-14+. The van der Waals surface area contributed by atoms with Crippen LogP contribution in [-0.4, -0.2) is 17.9 Å². The molecule has 1 aliphatic heterocycles. The fraction of sp³-hybridized carbons (Fsp3) is 0.240. The van der Waals surface area contributed by atoms with E-state index in [4.69, 9.17) is 0 Å². The molecule has 0 spiro atoms. The maximum Gasteiger partial charge on any atom is 0.252 e. The van der Waals surface area contributed by atoms with E-state index in [1.807, 2.05) is 43.3 Å². The third kappa shape index (κ3) is 3.96. The summed E-state index contributed by atoms with van der Waals surface area (Å²) in [5.41, 5.74) is 4.65. The molecule has 0 atom stereocenters. The number of hydrazone groups is 1. The van der Waals surface area contributed by atoms with Crippen LogP contribution in [0, 0.1) is 0 Å². The fourth-order valence-electron chi connectivity index (χ4n) is 3.56. The van der Waals surface area contributed by atoms with Crippen LogP contribution in [0.25, 0.3) is 6.08 Å². The number of phenols is 1. The number of rotatable bonds is 5. The molecule has 164 valence electrons. The first kappa shape index (κ1) is 21.9. The van der Waals surface area contributed by atoms with Gasteiger partial charge in [-0.05, 0) is 48.2 Å². The van der Waals surface area contributed by atoms with Crippen LogP contribution in [-0.2, 0) is 5.41 Å². The van der Waals surface area contributed by atoms with Gasteiger partial charge in [0.1, 0.15) is 11.4 Å². The number of anilines is 2. The van der Waals surface area contributed by atoms with Gasteiger partial charge < -0.3 is 10.0 Å². The van der Waals surface area contributed by atoms with Crippen molar-refractivity contribution >= 4 is 35.4 Å². The van der Waals surface area contributed by atoms with Crippen molar-refractivity contribution in [3.05, 3.63) is 84.6 Å². The number of fused-ring (bicyclic) bond motifs is 1. The van der Waals surface area contributed by atoms with Gasteiger partial charge in [0.25, 0.3) is 5.43 Å². The molecule has 2 N–H and O–H groups in total. The van der Waals surface area contributed by atoms with Crippen molar-refractivity contribution in [1.82, 2.24) is 0 Å². The molecule has 0 saturated heterocycles. The van der Waals surface area contributed by atoms with E-state index in [0.29, 0.717) is 11.1 Å². The van der Waals surface area contributed by atoms with Crippen molar-refractivity contribution in [3.8, 4) is 5.75 Å². The van der Waals surface area contributed by atoms with Gasteiger partial charge >= 0.3 is 0 Å². The predicted molar refractivity (Wildman–Crippen MR) is 133 cm³/mol. The molecule has 3 aromatic rings. The molecule has 0 aliphatic carbocycles. The second-order valence-corrected chi connectivity index (χ2v) is 9.70. The number of nitrogens with zero attached hydrogens (tertiary/aromatic N) is 2. The van der Waals surface area contributed by atoms with Gasteiger partial charge in [-0.3, -0.25) is 15.0 Å². The quantitative estimate of drug-likeness (QED) is 0.336. The molecule has 1 aliphatic rings. The van der Waals surface area contributed by atoms with Gasteiger partial charge in [0.2, 0.25) is 5.43 Å². The maximum absolute atomic E-state index is 12.3. The Bertz CT molecular complexity index is 1310.